The van der Waals surface area contributed by atoms with Gasteiger partial charge in [-0.25, -0.2) is 4.98 Å². The van der Waals surface area contributed by atoms with E-state index in [4.69, 9.17) is 14.2 Å². The minimum absolute atomic E-state index is 0.159. The van der Waals surface area contributed by atoms with Crippen LogP contribution < -0.4 is 19.5 Å². The van der Waals surface area contributed by atoms with Gasteiger partial charge in [0.2, 0.25) is 0 Å². The van der Waals surface area contributed by atoms with E-state index in [1.165, 1.54) is 0 Å². The molecule has 0 unspecified atom stereocenters. The highest BCUT2D eigenvalue weighted by molar-refractivity contribution is 5.94. The Kier molecular flexibility index (Phi) is 6.11. The van der Waals surface area contributed by atoms with E-state index in [-0.39, 0.29) is 12.0 Å². The Morgan fingerprint density at radius 3 is 2.77 bits per heavy atom. The maximum absolute atomic E-state index is 12.6. The zero-order valence-electron chi connectivity index (χ0n) is 18.1. The summed E-state index contributed by atoms with van der Waals surface area (Å²) >= 11 is 0. The van der Waals surface area contributed by atoms with Crippen LogP contribution in [0.2, 0.25) is 0 Å². The van der Waals surface area contributed by atoms with Crippen molar-refractivity contribution < 1.29 is 19.0 Å². The van der Waals surface area contributed by atoms with E-state index in [0.717, 1.165) is 34.9 Å². The van der Waals surface area contributed by atoms with Gasteiger partial charge in [0.1, 0.15) is 35.8 Å². The molecule has 1 amide bonds. The summed E-state index contributed by atoms with van der Waals surface area (Å²) in [7, 11) is 1.92. The molecule has 2 heterocycles. The predicted molar refractivity (Wildman–Crippen MR) is 117 cm³/mol. The first kappa shape index (κ1) is 20.8. The van der Waals surface area contributed by atoms with E-state index >= 15 is 0 Å². The number of nitrogens with zero attached hydrogens (tertiary/aromatic N) is 2. The lowest BCUT2D eigenvalue weighted by molar-refractivity contribution is 0.0950. The molecule has 4 rings (SSSR count). The Hall–Kier alpha value is -3.48. The molecule has 162 valence electrons. The first-order valence-electron chi connectivity index (χ1n) is 10.5. The number of nitrogens with one attached hydrogen (secondary N) is 1. The molecule has 7 nitrogen and oxygen atoms in total. The maximum Gasteiger partial charge on any atom is 0.251 e. The second-order valence-electron chi connectivity index (χ2n) is 7.58. The van der Waals surface area contributed by atoms with Gasteiger partial charge < -0.3 is 24.1 Å². The van der Waals surface area contributed by atoms with Crippen molar-refractivity contribution in [2.75, 3.05) is 6.61 Å². The van der Waals surface area contributed by atoms with E-state index in [1.54, 1.807) is 30.5 Å². The minimum atomic E-state index is -0.159. The average molecular weight is 421 g/mol. The highest BCUT2D eigenvalue weighted by Crippen LogP contribution is 2.35. The average Bonchev–Trinajstić information content (AvgIpc) is 3.34. The summed E-state index contributed by atoms with van der Waals surface area (Å²) in [6.07, 6.45) is 4.64. The fraction of sp³-hybridized carbons (Fsp3) is 0.333. The second kappa shape index (κ2) is 9.12. The largest absolute Gasteiger partial charge is 0.494 e. The van der Waals surface area contributed by atoms with E-state index in [0.29, 0.717) is 31.1 Å². The second-order valence-corrected chi connectivity index (χ2v) is 7.58. The zero-order valence-corrected chi connectivity index (χ0v) is 18.1. The number of rotatable bonds is 8. The SMILES string of the molecule is CCOc1cc2c(cc1CNC(=O)c1ccc(OCc3nccn3C)cc1)O[C@H](C)C2. The fourth-order valence-corrected chi connectivity index (χ4v) is 3.57. The third kappa shape index (κ3) is 4.82. The maximum atomic E-state index is 12.6. The van der Waals surface area contributed by atoms with Gasteiger partial charge in [0.25, 0.3) is 5.91 Å². The summed E-state index contributed by atoms with van der Waals surface area (Å²) in [5.41, 5.74) is 2.61. The van der Waals surface area contributed by atoms with Gasteiger partial charge >= 0.3 is 0 Å². The van der Waals surface area contributed by atoms with Gasteiger partial charge in [0.15, 0.2) is 0 Å². The van der Waals surface area contributed by atoms with Crippen LogP contribution in [0, 0.1) is 0 Å². The molecule has 31 heavy (non-hydrogen) atoms. The number of fused-ring (bicyclic) bond motifs is 1. The van der Waals surface area contributed by atoms with Crippen LogP contribution in [0.25, 0.3) is 0 Å². The minimum Gasteiger partial charge on any atom is -0.494 e. The van der Waals surface area contributed by atoms with Crippen LogP contribution >= 0.6 is 0 Å². The van der Waals surface area contributed by atoms with Crippen LogP contribution in [0.5, 0.6) is 17.2 Å². The van der Waals surface area contributed by atoms with E-state index in [9.17, 15) is 4.79 Å². The van der Waals surface area contributed by atoms with Gasteiger partial charge in [-0.05, 0) is 50.2 Å². The zero-order chi connectivity index (χ0) is 21.8. The summed E-state index contributed by atoms with van der Waals surface area (Å²) in [5.74, 6) is 3.02. The number of hydrogen-bond donors (Lipinski definition) is 1. The molecule has 0 fully saturated rings. The standard InChI is InChI=1S/C24H27N3O4/c1-4-29-21-12-18-11-16(2)31-22(18)13-19(21)14-26-24(28)17-5-7-20(8-6-17)30-15-23-25-9-10-27(23)3/h5-10,12-13,16H,4,11,14-15H2,1-3H3,(H,26,28)/t16-/m1/s1. The number of imidazole rings is 1. The molecule has 0 saturated carbocycles. The van der Waals surface area contributed by atoms with E-state index < -0.39 is 0 Å². The van der Waals surface area contributed by atoms with E-state index in [2.05, 4.69) is 10.3 Å². The summed E-state index contributed by atoms with van der Waals surface area (Å²) in [6.45, 7) is 5.29. The van der Waals surface area contributed by atoms with Crippen LogP contribution in [-0.2, 0) is 26.6 Å². The Morgan fingerprint density at radius 2 is 2.06 bits per heavy atom. The Labute approximate surface area is 182 Å². The molecule has 0 saturated heterocycles. The molecule has 7 heteroatoms. The number of carbonyl (C=O) groups excluding carboxylic acids is 1. The lowest BCUT2D eigenvalue weighted by Crippen LogP contribution is -2.23. The van der Waals surface area contributed by atoms with Crippen LogP contribution in [-0.4, -0.2) is 28.2 Å². The number of aromatic nitrogens is 2. The number of benzene rings is 2. The molecule has 1 aromatic heterocycles. The van der Waals surface area contributed by atoms with Gasteiger partial charge in [-0.2, -0.15) is 0 Å². The molecule has 0 radical (unpaired) electrons. The van der Waals surface area contributed by atoms with Crippen LogP contribution in [0.4, 0.5) is 0 Å². The number of carbonyl (C=O) groups is 1. The molecule has 1 N–H and O–H groups in total. The number of aryl methyl sites for hydroxylation is 1. The van der Waals surface area contributed by atoms with Crippen molar-refractivity contribution in [1.82, 2.24) is 14.9 Å². The molecule has 0 bridgehead atoms. The van der Waals surface area contributed by atoms with Gasteiger partial charge in [-0.1, -0.05) is 0 Å². The molecule has 1 atom stereocenters. The fourth-order valence-electron chi connectivity index (χ4n) is 3.57. The third-order valence-corrected chi connectivity index (χ3v) is 5.22. The summed E-state index contributed by atoms with van der Waals surface area (Å²) in [5, 5.41) is 2.97. The molecule has 1 aliphatic heterocycles. The first-order valence-corrected chi connectivity index (χ1v) is 10.5. The number of hydrogen-bond acceptors (Lipinski definition) is 5. The van der Waals surface area contributed by atoms with Crippen LogP contribution in [0.3, 0.4) is 0 Å². The van der Waals surface area contributed by atoms with Gasteiger partial charge in [0, 0.05) is 49.1 Å². The quantitative estimate of drug-likeness (QED) is 0.601. The van der Waals surface area contributed by atoms with Gasteiger partial charge in [0.05, 0.1) is 6.61 Å². The Balaban J connectivity index is 1.37. The van der Waals surface area contributed by atoms with Crippen molar-refractivity contribution in [2.24, 2.45) is 7.05 Å². The van der Waals surface area contributed by atoms with Gasteiger partial charge in [-0.3, -0.25) is 4.79 Å². The van der Waals surface area contributed by atoms with Crippen molar-refractivity contribution in [3.05, 3.63) is 71.3 Å². The number of ether oxygens (including phenoxy) is 3. The smallest absolute Gasteiger partial charge is 0.251 e. The van der Waals surface area contributed by atoms with Crippen molar-refractivity contribution >= 4 is 5.91 Å². The molecule has 2 aromatic carbocycles. The van der Waals surface area contributed by atoms with E-state index in [1.807, 2.05) is 43.8 Å². The van der Waals surface area contributed by atoms with Crippen LogP contribution in [0.1, 0.15) is 41.2 Å². The molecule has 0 spiro atoms. The third-order valence-electron chi connectivity index (χ3n) is 5.22. The topological polar surface area (TPSA) is 74.6 Å². The molecular weight excluding hydrogens is 394 g/mol. The van der Waals surface area contributed by atoms with Crippen molar-refractivity contribution in [3.63, 3.8) is 0 Å². The van der Waals surface area contributed by atoms with Crippen molar-refractivity contribution in [3.8, 4) is 17.2 Å². The summed E-state index contributed by atoms with van der Waals surface area (Å²) < 4.78 is 19.3. The molecular formula is C24H27N3O4. The molecule has 3 aromatic rings. The lowest BCUT2D eigenvalue weighted by Gasteiger charge is -2.13. The monoisotopic (exact) mass is 421 g/mol. The Morgan fingerprint density at radius 1 is 1.26 bits per heavy atom. The molecule has 0 aliphatic carbocycles. The summed E-state index contributed by atoms with van der Waals surface area (Å²) in [6, 6.07) is 11.1. The normalized spacial score (nSPS) is 14.6. The first-order chi connectivity index (χ1) is 15.0. The molecule has 1 aliphatic rings. The number of amides is 1. The predicted octanol–water partition coefficient (Wildman–Crippen LogP) is 3.65. The van der Waals surface area contributed by atoms with Gasteiger partial charge in [-0.15, -0.1) is 0 Å². The highest BCUT2D eigenvalue weighted by atomic mass is 16.5. The van der Waals surface area contributed by atoms with Crippen molar-refractivity contribution in [2.45, 2.75) is 39.5 Å². The van der Waals surface area contributed by atoms with Crippen LogP contribution in [0.15, 0.2) is 48.8 Å². The summed E-state index contributed by atoms with van der Waals surface area (Å²) in [4.78, 5) is 16.9. The highest BCUT2D eigenvalue weighted by Gasteiger charge is 2.22. The lowest BCUT2D eigenvalue weighted by atomic mass is 10.1. The Bertz CT molecular complexity index is 1060. The van der Waals surface area contributed by atoms with Crippen molar-refractivity contribution in [1.29, 1.82) is 0 Å².